The zero-order valence-corrected chi connectivity index (χ0v) is 15.1. The quantitative estimate of drug-likeness (QED) is 0.817. The summed E-state index contributed by atoms with van der Waals surface area (Å²) in [4.78, 5) is 8.14. The Morgan fingerprint density at radius 2 is 1.84 bits per heavy atom. The summed E-state index contributed by atoms with van der Waals surface area (Å²) in [7, 11) is 0. The molecule has 0 bridgehead atoms. The molecule has 5 nitrogen and oxygen atoms in total. The van der Waals surface area contributed by atoms with E-state index in [1.807, 2.05) is 50.4 Å². The Hall–Kier alpha value is -2.11. The molecule has 5 heteroatoms. The molecule has 0 aliphatic carbocycles. The molecule has 2 heterocycles. The molecule has 0 spiro atoms. The standard InChI is InChI=1S/C20H27N3O2/c1-16-6-5-7-17(2)20(16)25-15-18(24)14-22-10-12-23(13-11-22)19-8-3-4-9-21-19/h3-9,18,24H,10-15H2,1-2H3/p+1. The number of pyridine rings is 1. The highest BCUT2D eigenvalue weighted by atomic mass is 16.5. The average Bonchev–Trinajstić information content (AvgIpc) is 2.63. The molecule has 1 aliphatic heterocycles. The number of aromatic nitrogens is 1. The van der Waals surface area contributed by atoms with Crippen molar-refractivity contribution in [1.82, 2.24) is 4.98 Å². The number of quaternary nitrogens is 1. The molecule has 2 N–H and O–H groups in total. The molecule has 1 unspecified atom stereocenters. The number of anilines is 1. The number of benzene rings is 1. The molecule has 1 fully saturated rings. The van der Waals surface area contributed by atoms with Crippen LogP contribution in [-0.4, -0.2) is 55.5 Å². The molecule has 1 atom stereocenters. The topological polar surface area (TPSA) is 50.0 Å². The highest BCUT2D eigenvalue weighted by Gasteiger charge is 2.23. The lowest BCUT2D eigenvalue weighted by molar-refractivity contribution is -0.903. The van der Waals surface area contributed by atoms with Crippen molar-refractivity contribution in [3.8, 4) is 5.75 Å². The number of rotatable bonds is 6. The number of aliphatic hydroxyl groups is 1. The maximum Gasteiger partial charge on any atom is 0.137 e. The molecule has 1 aromatic carbocycles. The normalized spacial score (nSPS) is 16.7. The average molecular weight is 342 g/mol. The van der Waals surface area contributed by atoms with Gasteiger partial charge in [-0.25, -0.2) is 4.98 Å². The highest BCUT2D eigenvalue weighted by Crippen LogP contribution is 2.22. The van der Waals surface area contributed by atoms with Crippen LogP contribution < -0.4 is 14.5 Å². The summed E-state index contributed by atoms with van der Waals surface area (Å²) >= 11 is 0. The summed E-state index contributed by atoms with van der Waals surface area (Å²) in [5.74, 6) is 1.94. The number of hydrogen-bond donors (Lipinski definition) is 2. The van der Waals surface area contributed by atoms with Crippen LogP contribution >= 0.6 is 0 Å². The second-order valence-electron chi connectivity index (χ2n) is 6.81. The Labute approximate surface area is 149 Å². The first-order chi connectivity index (χ1) is 12.1. The van der Waals surface area contributed by atoms with Crippen molar-refractivity contribution in [2.45, 2.75) is 20.0 Å². The van der Waals surface area contributed by atoms with Gasteiger partial charge in [0.15, 0.2) is 0 Å². The van der Waals surface area contributed by atoms with Gasteiger partial charge in [0.05, 0.1) is 26.2 Å². The van der Waals surface area contributed by atoms with Gasteiger partial charge in [0.1, 0.15) is 30.8 Å². The minimum atomic E-state index is -0.449. The molecule has 134 valence electrons. The molecule has 0 radical (unpaired) electrons. The van der Waals surface area contributed by atoms with E-state index in [-0.39, 0.29) is 0 Å². The summed E-state index contributed by atoms with van der Waals surface area (Å²) in [6, 6.07) is 12.1. The van der Waals surface area contributed by atoms with Gasteiger partial charge in [-0.2, -0.15) is 0 Å². The predicted octanol–water partition coefficient (Wildman–Crippen LogP) is 0.843. The number of nitrogens with one attached hydrogen (secondary N) is 1. The van der Waals surface area contributed by atoms with Gasteiger partial charge in [-0.05, 0) is 37.1 Å². The van der Waals surface area contributed by atoms with E-state index in [1.165, 1.54) is 4.90 Å². The van der Waals surface area contributed by atoms with Gasteiger partial charge in [-0.15, -0.1) is 0 Å². The van der Waals surface area contributed by atoms with Crippen molar-refractivity contribution in [1.29, 1.82) is 0 Å². The van der Waals surface area contributed by atoms with Crippen molar-refractivity contribution in [3.63, 3.8) is 0 Å². The molecule has 0 saturated carbocycles. The number of para-hydroxylation sites is 1. The van der Waals surface area contributed by atoms with Crippen LogP contribution in [0.3, 0.4) is 0 Å². The van der Waals surface area contributed by atoms with Crippen molar-refractivity contribution < 1.29 is 14.7 Å². The van der Waals surface area contributed by atoms with Crippen LogP contribution in [0.15, 0.2) is 42.6 Å². The van der Waals surface area contributed by atoms with Gasteiger partial charge in [0, 0.05) is 6.20 Å². The van der Waals surface area contributed by atoms with E-state index in [9.17, 15) is 5.11 Å². The molecule has 1 aliphatic rings. The number of hydrogen-bond acceptors (Lipinski definition) is 4. The molecule has 0 amide bonds. The maximum atomic E-state index is 10.4. The van der Waals surface area contributed by atoms with Crippen LogP contribution in [0.5, 0.6) is 5.75 Å². The van der Waals surface area contributed by atoms with Gasteiger partial charge in [0.25, 0.3) is 0 Å². The first kappa shape index (κ1) is 17.7. The minimum Gasteiger partial charge on any atom is -0.490 e. The molecular weight excluding hydrogens is 314 g/mol. The fourth-order valence-corrected chi connectivity index (χ4v) is 3.40. The first-order valence-corrected chi connectivity index (χ1v) is 9.00. The fourth-order valence-electron chi connectivity index (χ4n) is 3.40. The summed E-state index contributed by atoms with van der Waals surface area (Å²) in [5.41, 5.74) is 2.23. The Morgan fingerprint density at radius 1 is 1.12 bits per heavy atom. The number of ether oxygens (including phenoxy) is 1. The summed E-state index contributed by atoms with van der Waals surface area (Å²) in [5, 5.41) is 10.4. The third-order valence-electron chi connectivity index (χ3n) is 4.80. The third kappa shape index (κ3) is 4.71. The van der Waals surface area contributed by atoms with E-state index >= 15 is 0 Å². The van der Waals surface area contributed by atoms with Crippen molar-refractivity contribution in [2.75, 3.05) is 44.2 Å². The van der Waals surface area contributed by atoms with Gasteiger partial charge < -0.3 is 19.6 Å². The lowest BCUT2D eigenvalue weighted by Gasteiger charge is -2.33. The molecule has 3 rings (SSSR count). The van der Waals surface area contributed by atoms with Crippen LogP contribution in [0.1, 0.15) is 11.1 Å². The van der Waals surface area contributed by atoms with Crippen LogP contribution in [0.4, 0.5) is 5.82 Å². The lowest BCUT2D eigenvalue weighted by atomic mass is 10.1. The molecule has 1 saturated heterocycles. The van der Waals surface area contributed by atoms with Crippen LogP contribution in [0.2, 0.25) is 0 Å². The van der Waals surface area contributed by atoms with Gasteiger partial charge in [-0.1, -0.05) is 24.3 Å². The largest absolute Gasteiger partial charge is 0.490 e. The Bertz CT molecular complexity index is 650. The summed E-state index contributed by atoms with van der Waals surface area (Å²) in [6.07, 6.45) is 1.39. The van der Waals surface area contributed by atoms with E-state index in [1.54, 1.807) is 0 Å². The van der Waals surface area contributed by atoms with E-state index in [4.69, 9.17) is 4.74 Å². The van der Waals surface area contributed by atoms with Crippen LogP contribution in [0, 0.1) is 13.8 Å². The molecule has 1 aromatic heterocycles. The minimum absolute atomic E-state index is 0.346. The predicted molar refractivity (Wildman–Crippen MR) is 99.4 cm³/mol. The fraction of sp³-hybridized carbons (Fsp3) is 0.450. The van der Waals surface area contributed by atoms with Gasteiger partial charge >= 0.3 is 0 Å². The number of piperazine rings is 1. The smallest absolute Gasteiger partial charge is 0.137 e. The first-order valence-electron chi connectivity index (χ1n) is 9.00. The molecular formula is C20H28N3O2+. The Morgan fingerprint density at radius 3 is 2.48 bits per heavy atom. The monoisotopic (exact) mass is 342 g/mol. The zero-order valence-electron chi connectivity index (χ0n) is 15.1. The highest BCUT2D eigenvalue weighted by molar-refractivity contribution is 5.39. The van der Waals surface area contributed by atoms with Crippen molar-refractivity contribution in [2.24, 2.45) is 0 Å². The van der Waals surface area contributed by atoms with E-state index in [0.29, 0.717) is 6.61 Å². The van der Waals surface area contributed by atoms with Crippen molar-refractivity contribution >= 4 is 5.82 Å². The van der Waals surface area contributed by atoms with Gasteiger partial charge in [0.2, 0.25) is 0 Å². The van der Waals surface area contributed by atoms with Gasteiger partial charge in [-0.3, -0.25) is 0 Å². The van der Waals surface area contributed by atoms with E-state index in [0.717, 1.165) is 55.4 Å². The second-order valence-corrected chi connectivity index (χ2v) is 6.81. The number of nitrogens with zero attached hydrogens (tertiary/aromatic N) is 2. The third-order valence-corrected chi connectivity index (χ3v) is 4.80. The SMILES string of the molecule is Cc1cccc(C)c1OCC(O)C[NH+]1CCN(c2ccccn2)CC1. The lowest BCUT2D eigenvalue weighted by Crippen LogP contribution is -3.16. The van der Waals surface area contributed by atoms with Crippen molar-refractivity contribution in [3.05, 3.63) is 53.7 Å². The van der Waals surface area contributed by atoms with Crippen LogP contribution in [0.25, 0.3) is 0 Å². The van der Waals surface area contributed by atoms with Crippen LogP contribution in [-0.2, 0) is 0 Å². The Balaban J connectivity index is 1.44. The maximum absolute atomic E-state index is 10.4. The summed E-state index contributed by atoms with van der Waals surface area (Å²) < 4.78 is 5.88. The zero-order chi connectivity index (χ0) is 17.6. The molecule has 25 heavy (non-hydrogen) atoms. The van der Waals surface area contributed by atoms with E-state index in [2.05, 4.69) is 16.0 Å². The number of aliphatic hydroxyl groups excluding tert-OH is 1. The summed E-state index contributed by atoms with van der Waals surface area (Å²) in [6.45, 7) is 9.11. The van der Waals surface area contributed by atoms with E-state index < -0.39 is 6.10 Å². The Kier molecular flexibility index (Phi) is 5.89. The molecule has 2 aromatic rings. The number of aryl methyl sites for hydroxylation is 2. The second kappa shape index (κ2) is 8.32.